The summed E-state index contributed by atoms with van der Waals surface area (Å²) >= 11 is 0. The number of nitrogens with one attached hydrogen (secondary N) is 1. The van der Waals surface area contributed by atoms with Gasteiger partial charge in [-0.2, -0.15) is 5.10 Å². The molecule has 0 saturated heterocycles. The van der Waals surface area contributed by atoms with Gasteiger partial charge in [-0.3, -0.25) is 14.3 Å². The van der Waals surface area contributed by atoms with Gasteiger partial charge in [-0.1, -0.05) is 36.4 Å². The lowest BCUT2D eigenvalue weighted by molar-refractivity contribution is -0.116. The molecule has 0 aliphatic heterocycles. The van der Waals surface area contributed by atoms with Gasteiger partial charge in [-0.25, -0.2) is 4.79 Å². The van der Waals surface area contributed by atoms with Crippen LogP contribution in [0.1, 0.15) is 17.4 Å². The highest BCUT2D eigenvalue weighted by Crippen LogP contribution is 2.24. The number of benzene rings is 3. The summed E-state index contributed by atoms with van der Waals surface area (Å²) in [4.78, 5) is 37.7. The second-order valence-electron chi connectivity index (χ2n) is 7.06. The molecular formula is C25H21N3O5. The number of amides is 1. The molecule has 0 radical (unpaired) electrons. The van der Waals surface area contributed by atoms with E-state index in [2.05, 4.69) is 10.4 Å². The number of fused-ring (bicyclic) bond motifs is 1. The highest BCUT2D eigenvalue weighted by molar-refractivity contribution is 5.94. The summed E-state index contributed by atoms with van der Waals surface area (Å²) in [5, 5.41) is 7.19. The smallest absolute Gasteiger partial charge is 0.362 e. The van der Waals surface area contributed by atoms with E-state index in [1.165, 1.54) is 4.68 Å². The highest BCUT2D eigenvalue weighted by atomic mass is 16.5. The zero-order chi connectivity index (χ0) is 23.2. The molecule has 0 fully saturated rings. The molecule has 8 heteroatoms. The predicted molar refractivity (Wildman–Crippen MR) is 124 cm³/mol. The number of aromatic nitrogens is 2. The molecule has 1 aromatic heterocycles. The molecule has 1 N–H and O–H groups in total. The van der Waals surface area contributed by atoms with E-state index in [4.69, 9.17) is 9.47 Å². The van der Waals surface area contributed by atoms with E-state index in [1.54, 1.807) is 55.5 Å². The minimum absolute atomic E-state index is 0.106. The van der Waals surface area contributed by atoms with Crippen LogP contribution in [-0.2, 0) is 16.1 Å². The molecule has 33 heavy (non-hydrogen) atoms. The number of carbonyl (C=O) groups is 2. The van der Waals surface area contributed by atoms with Crippen LogP contribution in [0, 0.1) is 0 Å². The Kier molecular flexibility index (Phi) is 6.45. The minimum atomic E-state index is -0.826. The fourth-order valence-corrected chi connectivity index (χ4v) is 3.29. The van der Waals surface area contributed by atoms with E-state index < -0.39 is 11.4 Å². The topological polar surface area (TPSA) is 99.5 Å². The van der Waals surface area contributed by atoms with E-state index in [-0.39, 0.29) is 30.1 Å². The average Bonchev–Trinajstić information content (AvgIpc) is 2.82. The predicted octanol–water partition coefficient (Wildman–Crippen LogP) is 4.00. The number of anilines is 1. The van der Waals surface area contributed by atoms with Crippen molar-refractivity contribution >= 4 is 28.5 Å². The zero-order valence-electron chi connectivity index (χ0n) is 17.9. The molecule has 0 spiro atoms. The Balaban J connectivity index is 1.57. The summed E-state index contributed by atoms with van der Waals surface area (Å²) in [5.74, 6) is 0.0306. The van der Waals surface area contributed by atoms with Crippen LogP contribution in [0.4, 0.5) is 5.69 Å². The highest BCUT2D eigenvalue weighted by Gasteiger charge is 2.19. The molecule has 0 bridgehead atoms. The Bertz CT molecular complexity index is 1370. The Morgan fingerprint density at radius 1 is 0.939 bits per heavy atom. The number of nitrogens with zero attached hydrogens (tertiary/aromatic N) is 2. The third kappa shape index (κ3) is 5.07. The number of esters is 1. The van der Waals surface area contributed by atoms with Gasteiger partial charge < -0.3 is 14.8 Å². The summed E-state index contributed by atoms with van der Waals surface area (Å²) in [5.41, 5.74) is 0.0735. The first-order valence-corrected chi connectivity index (χ1v) is 10.3. The first-order chi connectivity index (χ1) is 16.0. The van der Waals surface area contributed by atoms with Crippen molar-refractivity contribution in [2.45, 2.75) is 13.5 Å². The van der Waals surface area contributed by atoms with Gasteiger partial charge in [0, 0.05) is 17.1 Å². The second kappa shape index (κ2) is 9.78. The van der Waals surface area contributed by atoms with Crippen LogP contribution < -0.4 is 15.5 Å². The number of ether oxygens (including phenoxy) is 2. The molecular weight excluding hydrogens is 422 g/mol. The summed E-state index contributed by atoms with van der Waals surface area (Å²) in [6, 6.07) is 22.9. The van der Waals surface area contributed by atoms with Gasteiger partial charge in [0.25, 0.3) is 0 Å². The van der Waals surface area contributed by atoms with Crippen molar-refractivity contribution in [3.63, 3.8) is 0 Å². The Morgan fingerprint density at radius 3 is 2.45 bits per heavy atom. The zero-order valence-corrected chi connectivity index (χ0v) is 17.9. The van der Waals surface area contributed by atoms with Crippen LogP contribution >= 0.6 is 0 Å². The van der Waals surface area contributed by atoms with Crippen LogP contribution in [0.25, 0.3) is 10.9 Å². The van der Waals surface area contributed by atoms with Crippen LogP contribution in [0.3, 0.4) is 0 Å². The Morgan fingerprint density at radius 2 is 1.67 bits per heavy atom. The second-order valence-corrected chi connectivity index (χ2v) is 7.06. The Hall–Kier alpha value is -4.46. The van der Waals surface area contributed by atoms with Crippen LogP contribution in [0.2, 0.25) is 0 Å². The Labute approximate surface area is 189 Å². The molecule has 4 rings (SSSR count). The van der Waals surface area contributed by atoms with Crippen molar-refractivity contribution < 1.29 is 19.1 Å². The number of rotatable bonds is 7. The minimum Gasteiger partial charge on any atom is -0.461 e. The molecule has 3 aromatic carbocycles. The van der Waals surface area contributed by atoms with Crippen LogP contribution in [0.15, 0.2) is 83.7 Å². The maximum absolute atomic E-state index is 12.8. The average molecular weight is 443 g/mol. The van der Waals surface area contributed by atoms with E-state index in [9.17, 15) is 14.4 Å². The molecule has 166 valence electrons. The third-order valence-corrected chi connectivity index (χ3v) is 4.72. The maximum atomic E-state index is 12.8. The normalized spacial score (nSPS) is 10.6. The number of hydrogen-bond donors (Lipinski definition) is 1. The van der Waals surface area contributed by atoms with Gasteiger partial charge in [0.2, 0.25) is 17.0 Å². The van der Waals surface area contributed by atoms with Gasteiger partial charge in [-0.15, -0.1) is 0 Å². The van der Waals surface area contributed by atoms with E-state index >= 15 is 0 Å². The molecule has 0 aliphatic carbocycles. The molecule has 0 aliphatic rings. The fraction of sp³-hybridized carbons (Fsp3) is 0.120. The summed E-state index contributed by atoms with van der Waals surface area (Å²) < 4.78 is 12.1. The third-order valence-electron chi connectivity index (χ3n) is 4.72. The first kappa shape index (κ1) is 21.8. The monoisotopic (exact) mass is 443 g/mol. The lowest BCUT2D eigenvalue weighted by Crippen LogP contribution is -2.28. The van der Waals surface area contributed by atoms with Crippen molar-refractivity contribution in [2.24, 2.45) is 0 Å². The van der Waals surface area contributed by atoms with Gasteiger partial charge >= 0.3 is 5.97 Å². The number of para-hydroxylation sites is 2. The van der Waals surface area contributed by atoms with Crippen LogP contribution in [0.5, 0.6) is 11.5 Å². The van der Waals surface area contributed by atoms with Crippen molar-refractivity contribution in [2.75, 3.05) is 11.9 Å². The van der Waals surface area contributed by atoms with Crippen molar-refractivity contribution in [3.05, 3.63) is 94.8 Å². The van der Waals surface area contributed by atoms with Crippen molar-refractivity contribution in [1.82, 2.24) is 9.78 Å². The van der Waals surface area contributed by atoms with Gasteiger partial charge in [0.05, 0.1) is 12.1 Å². The lowest BCUT2D eigenvalue weighted by atomic mass is 10.2. The largest absolute Gasteiger partial charge is 0.461 e. The summed E-state index contributed by atoms with van der Waals surface area (Å²) in [6.45, 7) is 1.53. The quantitative estimate of drug-likeness (QED) is 0.434. The first-order valence-electron chi connectivity index (χ1n) is 10.3. The molecule has 1 amide bonds. The lowest BCUT2D eigenvalue weighted by Gasteiger charge is -2.12. The number of carbonyl (C=O) groups excluding carboxylic acids is 2. The van der Waals surface area contributed by atoms with Gasteiger partial charge in [0.15, 0.2) is 0 Å². The summed E-state index contributed by atoms with van der Waals surface area (Å²) in [7, 11) is 0. The molecule has 0 saturated carbocycles. The molecule has 4 aromatic rings. The maximum Gasteiger partial charge on any atom is 0.362 e. The van der Waals surface area contributed by atoms with Gasteiger partial charge in [-0.05, 0) is 43.3 Å². The standard InChI is InChI=1S/C25H21N3O5/c1-2-32-25(31)23-24(30)20-13-6-7-14-21(20)28(27-23)16-22(29)26-17-9-8-12-19(15-17)33-18-10-4-3-5-11-18/h3-15H,2,16H2,1H3,(H,26,29). The van der Waals surface area contributed by atoms with Crippen molar-refractivity contribution in [3.8, 4) is 11.5 Å². The van der Waals surface area contributed by atoms with Crippen molar-refractivity contribution in [1.29, 1.82) is 0 Å². The van der Waals surface area contributed by atoms with Gasteiger partial charge in [0.1, 0.15) is 18.0 Å². The fourth-order valence-electron chi connectivity index (χ4n) is 3.29. The summed E-state index contributed by atoms with van der Waals surface area (Å²) in [6.07, 6.45) is 0. The molecule has 0 unspecified atom stereocenters. The molecule has 0 atom stereocenters. The number of hydrogen-bond acceptors (Lipinski definition) is 6. The SMILES string of the molecule is CCOC(=O)c1nn(CC(=O)Nc2cccc(Oc3ccccc3)c2)c2ccccc2c1=O. The van der Waals surface area contributed by atoms with E-state index in [0.29, 0.717) is 22.7 Å². The molecule has 1 heterocycles. The van der Waals surface area contributed by atoms with E-state index in [1.807, 2.05) is 30.3 Å². The van der Waals surface area contributed by atoms with E-state index in [0.717, 1.165) is 0 Å². The molecule has 8 nitrogen and oxygen atoms in total. The van der Waals surface area contributed by atoms with Crippen LogP contribution in [-0.4, -0.2) is 28.3 Å².